The number of fused-ring (bicyclic) bond motifs is 5. The number of benzene rings is 1. The summed E-state index contributed by atoms with van der Waals surface area (Å²) >= 11 is 0. The summed E-state index contributed by atoms with van der Waals surface area (Å²) < 4.78 is 6.92. The fourth-order valence-corrected chi connectivity index (χ4v) is 6.43. The van der Waals surface area contributed by atoms with Crippen LogP contribution in [0.3, 0.4) is 0 Å². The Labute approximate surface area is 237 Å². The summed E-state index contributed by atoms with van der Waals surface area (Å²) in [4.78, 5) is 43.6. The molecule has 0 radical (unpaired) electrons. The molecule has 0 saturated heterocycles. The van der Waals surface area contributed by atoms with Crippen LogP contribution in [0.5, 0.6) is 5.75 Å². The maximum absolute atomic E-state index is 13.4. The third-order valence-corrected chi connectivity index (χ3v) is 8.99. The van der Waals surface area contributed by atoms with Gasteiger partial charge in [0.05, 0.1) is 18.4 Å². The Bertz CT molecular complexity index is 1480. The van der Waals surface area contributed by atoms with E-state index in [0.717, 1.165) is 44.1 Å². The Morgan fingerprint density at radius 2 is 1.85 bits per heavy atom. The van der Waals surface area contributed by atoms with Crippen LogP contribution in [0.4, 0.5) is 5.69 Å². The standard InChI is InChI=1S/C29H35N7O5/c1-30-15-23(37)29-8-5-28(6-9-29,7-10-29)17-32-27(40)21-13-20(34-24-4-11-33-36(21)24)26(39)31-14-18-2-3-22-19(12-18)35-25(38)16-41-22/h2-4,11-13,25,30,35,38H,5-10,14-17H2,1H3,(H,31,39)(H,32,40). The first-order chi connectivity index (χ1) is 19.8. The molecule has 3 aliphatic carbocycles. The Hall–Kier alpha value is -4.03. The van der Waals surface area contributed by atoms with E-state index < -0.39 is 12.1 Å². The summed E-state index contributed by atoms with van der Waals surface area (Å²) in [6.07, 6.45) is 6.06. The van der Waals surface area contributed by atoms with Gasteiger partial charge in [-0.3, -0.25) is 14.4 Å². The topological polar surface area (TPSA) is 159 Å². The second kappa shape index (κ2) is 10.7. The predicted octanol–water partition coefficient (Wildman–Crippen LogP) is 1.64. The number of rotatable bonds is 9. The molecule has 12 nitrogen and oxygen atoms in total. The third-order valence-electron chi connectivity index (χ3n) is 8.99. The molecule has 3 heterocycles. The number of anilines is 1. The van der Waals surface area contributed by atoms with Gasteiger partial charge >= 0.3 is 0 Å². The van der Waals surface area contributed by atoms with Crippen molar-refractivity contribution in [1.82, 2.24) is 30.5 Å². The number of aliphatic hydroxyl groups excluding tert-OH is 1. The molecule has 3 aromatic rings. The van der Waals surface area contributed by atoms with Gasteiger partial charge in [0.25, 0.3) is 11.8 Å². The Kier molecular flexibility index (Phi) is 7.12. The number of carbonyl (C=O) groups is 3. The van der Waals surface area contributed by atoms with E-state index in [4.69, 9.17) is 4.74 Å². The van der Waals surface area contributed by atoms with E-state index >= 15 is 0 Å². The van der Waals surface area contributed by atoms with Gasteiger partial charge in [-0.1, -0.05) is 6.07 Å². The van der Waals surface area contributed by atoms with Crippen LogP contribution in [0, 0.1) is 10.8 Å². The monoisotopic (exact) mass is 561 g/mol. The minimum atomic E-state index is -0.791. The second-order valence-electron chi connectivity index (χ2n) is 11.5. The van der Waals surface area contributed by atoms with Gasteiger partial charge < -0.3 is 31.1 Å². The molecule has 216 valence electrons. The summed E-state index contributed by atoms with van der Waals surface area (Å²) in [6, 6.07) is 8.54. The zero-order valence-electron chi connectivity index (χ0n) is 23.0. The molecule has 1 aromatic carbocycles. The SMILES string of the molecule is CNCC(=O)C12CCC(CNC(=O)c3cc(C(=O)NCc4ccc5c(c4)NC(O)CO5)nc4ccnn34)(CC1)CC2. The molecule has 3 saturated carbocycles. The number of ether oxygens (including phenoxy) is 1. The van der Waals surface area contributed by atoms with Crippen molar-refractivity contribution < 1.29 is 24.2 Å². The maximum atomic E-state index is 13.4. The van der Waals surface area contributed by atoms with Gasteiger partial charge in [0, 0.05) is 30.6 Å². The van der Waals surface area contributed by atoms with E-state index in [0.29, 0.717) is 36.0 Å². The van der Waals surface area contributed by atoms with Crippen molar-refractivity contribution in [2.45, 2.75) is 51.3 Å². The molecular formula is C29H35N7O5. The minimum absolute atomic E-state index is 0.0153. The average Bonchev–Trinajstić information content (AvgIpc) is 3.48. The van der Waals surface area contributed by atoms with Crippen LogP contribution in [-0.4, -0.2) is 70.3 Å². The number of ketones is 1. The minimum Gasteiger partial charge on any atom is -0.487 e. The smallest absolute Gasteiger partial charge is 0.270 e. The van der Waals surface area contributed by atoms with E-state index in [2.05, 4.69) is 31.3 Å². The zero-order chi connectivity index (χ0) is 28.6. The number of likely N-dealkylation sites (N-methyl/N-ethyl adjacent to an activating group) is 1. The van der Waals surface area contributed by atoms with Crippen LogP contribution in [0.1, 0.15) is 65.1 Å². The van der Waals surface area contributed by atoms with Crippen LogP contribution in [0.15, 0.2) is 36.5 Å². The lowest BCUT2D eigenvalue weighted by Gasteiger charge is -2.52. The summed E-state index contributed by atoms with van der Waals surface area (Å²) in [5.74, 6) is 0.191. The van der Waals surface area contributed by atoms with Gasteiger partial charge in [-0.15, -0.1) is 0 Å². The molecule has 3 fully saturated rings. The number of amides is 2. The highest BCUT2D eigenvalue weighted by atomic mass is 16.5. The lowest BCUT2D eigenvalue weighted by Crippen LogP contribution is -2.51. The first-order valence-corrected chi connectivity index (χ1v) is 14.1. The number of hydrogen-bond acceptors (Lipinski definition) is 9. The predicted molar refractivity (Wildman–Crippen MR) is 150 cm³/mol. The van der Waals surface area contributed by atoms with Crippen molar-refractivity contribution in [1.29, 1.82) is 0 Å². The molecule has 1 unspecified atom stereocenters. The number of Topliss-reactive ketones (excluding diaryl/α,β-unsaturated/α-hetero) is 1. The highest BCUT2D eigenvalue weighted by molar-refractivity contribution is 5.98. The molecule has 2 amide bonds. The number of aromatic nitrogens is 3. The van der Waals surface area contributed by atoms with E-state index in [1.54, 1.807) is 31.4 Å². The lowest BCUT2D eigenvalue weighted by molar-refractivity contribution is -0.136. The summed E-state index contributed by atoms with van der Waals surface area (Å²) in [5, 5.41) is 25.9. The van der Waals surface area contributed by atoms with Crippen molar-refractivity contribution in [3.05, 3.63) is 53.5 Å². The van der Waals surface area contributed by atoms with Gasteiger partial charge in [0.1, 0.15) is 23.7 Å². The Morgan fingerprint density at radius 3 is 2.61 bits per heavy atom. The quantitative estimate of drug-likeness (QED) is 0.262. The van der Waals surface area contributed by atoms with Crippen molar-refractivity contribution >= 4 is 28.9 Å². The summed E-state index contributed by atoms with van der Waals surface area (Å²) in [7, 11) is 1.81. The van der Waals surface area contributed by atoms with Crippen LogP contribution in [0.25, 0.3) is 5.65 Å². The van der Waals surface area contributed by atoms with Crippen molar-refractivity contribution in [2.75, 3.05) is 32.1 Å². The van der Waals surface area contributed by atoms with Gasteiger partial charge in [0.2, 0.25) is 0 Å². The molecule has 41 heavy (non-hydrogen) atoms. The Morgan fingerprint density at radius 1 is 1.07 bits per heavy atom. The molecule has 4 aliphatic rings. The largest absolute Gasteiger partial charge is 0.487 e. The van der Waals surface area contributed by atoms with Crippen LogP contribution >= 0.6 is 0 Å². The number of nitrogens with zero attached hydrogens (tertiary/aromatic N) is 3. The van der Waals surface area contributed by atoms with Gasteiger partial charge in [0.15, 0.2) is 17.7 Å². The molecule has 1 aliphatic heterocycles. The molecule has 2 bridgehead atoms. The molecule has 1 atom stereocenters. The summed E-state index contributed by atoms with van der Waals surface area (Å²) in [6.45, 7) is 1.31. The van der Waals surface area contributed by atoms with Crippen LogP contribution < -0.4 is 26.0 Å². The van der Waals surface area contributed by atoms with Crippen LogP contribution in [0.2, 0.25) is 0 Å². The molecular weight excluding hydrogens is 526 g/mol. The van der Waals surface area contributed by atoms with E-state index in [1.165, 1.54) is 10.6 Å². The highest BCUT2D eigenvalue weighted by Gasteiger charge is 2.51. The number of nitrogens with one attached hydrogen (secondary N) is 4. The molecule has 12 heteroatoms. The third kappa shape index (κ3) is 5.24. The van der Waals surface area contributed by atoms with Crippen LogP contribution in [-0.2, 0) is 11.3 Å². The van der Waals surface area contributed by atoms with E-state index in [-0.39, 0.29) is 41.3 Å². The first kappa shape index (κ1) is 27.2. The molecule has 7 rings (SSSR count). The zero-order valence-corrected chi connectivity index (χ0v) is 23.0. The Balaban J connectivity index is 1.12. The number of hydrogen-bond donors (Lipinski definition) is 5. The normalized spacial score (nSPS) is 24.7. The lowest BCUT2D eigenvalue weighted by atomic mass is 9.52. The van der Waals surface area contributed by atoms with Gasteiger partial charge in [-0.25, -0.2) is 9.50 Å². The summed E-state index contributed by atoms with van der Waals surface area (Å²) in [5.41, 5.74) is 1.97. The van der Waals surface area contributed by atoms with Crippen molar-refractivity contribution in [3.63, 3.8) is 0 Å². The van der Waals surface area contributed by atoms with E-state index in [1.807, 2.05) is 6.07 Å². The first-order valence-electron chi connectivity index (χ1n) is 14.1. The number of aliphatic hydroxyl groups is 1. The molecule has 2 aromatic heterocycles. The highest BCUT2D eigenvalue weighted by Crippen LogP contribution is 2.56. The maximum Gasteiger partial charge on any atom is 0.270 e. The fraction of sp³-hybridized carbons (Fsp3) is 0.483. The molecule has 5 N–H and O–H groups in total. The van der Waals surface area contributed by atoms with Crippen molar-refractivity contribution in [3.8, 4) is 5.75 Å². The fourth-order valence-electron chi connectivity index (χ4n) is 6.43. The molecule has 0 spiro atoms. The average molecular weight is 562 g/mol. The van der Waals surface area contributed by atoms with Crippen molar-refractivity contribution in [2.24, 2.45) is 10.8 Å². The van der Waals surface area contributed by atoms with E-state index in [9.17, 15) is 19.5 Å². The second-order valence-corrected chi connectivity index (χ2v) is 11.5. The van der Waals surface area contributed by atoms with Gasteiger partial charge in [-0.05, 0) is 68.7 Å². The van der Waals surface area contributed by atoms with Gasteiger partial charge in [-0.2, -0.15) is 5.10 Å². The number of carbonyl (C=O) groups excluding carboxylic acids is 3.